The minimum atomic E-state index is -0.244. The SMILES string of the molecule is Cc1cccc(NC(=O)COc2ccc(C=O)cc2Br)c1. The Bertz CT molecular complexity index is 670. The molecule has 108 valence electrons. The van der Waals surface area contributed by atoms with Gasteiger partial charge in [0.25, 0.3) is 5.91 Å². The average molecular weight is 348 g/mol. The lowest BCUT2D eigenvalue weighted by Crippen LogP contribution is -2.20. The monoisotopic (exact) mass is 347 g/mol. The lowest BCUT2D eigenvalue weighted by molar-refractivity contribution is -0.118. The van der Waals surface area contributed by atoms with Crippen molar-refractivity contribution >= 4 is 33.8 Å². The second-order valence-electron chi connectivity index (χ2n) is 4.51. The number of halogens is 1. The molecule has 21 heavy (non-hydrogen) atoms. The van der Waals surface area contributed by atoms with Gasteiger partial charge in [-0.25, -0.2) is 0 Å². The fourth-order valence-corrected chi connectivity index (χ4v) is 2.28. The molecule has 0 saturated carbocycles. The van der Waals surface area contributed by atoms with E-state index in [0.29, 0.717) is 15.8 Å². The van der Waals surface area contributed by atoms with Crippen molar-refractivity contribution in [2.24, 2.45) is 0 Å². The number of anilines is 1. The van der Waals surface area contributed by atoms with Crippen molar-refractivity contribution in [3.63, 3.8) is 0 Å². The molecule has 0 atom stereocenters. The molecule has 0 radical (unpaired) electrons. The van der Waals surface area contributed by atoms with Crippen LogP contribution in [0.3, 0.4) is 0 Å². The fourth-order valence-electron chi connectivity index (χ4n) is 1.77. The Kier molecular flexibility index (Phi) is 5.11. The van der Waals surface area contributed by atoms with Gasteiger partial charge in [-0.2, -0.15) is 0 Å². The molecule has 0 unspecified atom stereocenters. The van der Waals surface area contributed by atoms with Crippen molar-refractivity contribution in [1.29, 1.82) is 0 Å². The molecule has 5 heteroatoms. The van der Waals surface area contributed by atoms with E-state index in [2.05, 4.69) is 21.2 Å². The van der Waals surface area contributed by atoms with Crippen LogP contribution in [0, 0.1) is 6.92 Å². The second kappa shape index (κ2) is 7.04. The van der Waals surface area contributed by atoms with E-state index >= 15 is 0 Å². The van der Waals surface area contributed by atoms with Gasteiger partial charge < -0.3 is 10.1 Å². The van der Waals surface area contributed by atoms with Gasteiger partial charge in [0.15, 0.2) is 6.61 Å². The predicted molar refractivity (Wildman–Crippen MR) is 84.8 cm³/mol. The van der Waals surface area contributed by atoms with Crippen LogP contribution in [0.15, 0.2) is 46.9 Å². The highest BCUT2D eigenvalue weighted by Gasteiger charge is 2.07. The molecular formula is C16H14BrNO3. The van der Waals surface area contributed by atoms with Crippen molar-refractivity contribution in [2.75, 3.05) is 11.9 Å². The maximum Gasteiger partial charge on any atom is 0.262 e. The van der Waals surface area contributed by atoms with Crippen LogP contribution in [0.2, 0.25) is 0 Å². The largest absolute Gasteiger partial charge is 0.483 e. The first-order valence-corrected chi connectivity index (χ1v) is 7.12. The molecule has 2 rings (SSSR count). The van der Waals surface area contributed by atoms with Gasteiger partial charge in [-0.05, 0) is 58.7 Å². The summed E-state index contributed by atoms with van der Waals surface area (Å²) >= 11 is 3.30. The third-order valence-electron chi connectivity index (χ3n) is 2.75. The molecule has 0 spiro atoms. The first-order chi connectivity index (χ1) is 10.1. The molecule has 0 aliphatic carbocycles. The summed E-state index contributed by atoms with van der Waals surface area (Å²) in [6, 6.07) is 12.4. The van der Waals surface area contributed by atoms with Crippen molar-refractivity contribution in [1.82, 2.24) is 0 Å². The number of nitrogens with one attached hydrogen (secondary N) is 1. The zero-order valence-corrected chi connectivity index (χ0v) is 13.0. The molecule has 0 heterocycles. The smallest absolute Gasteiger partial charge is 0.262 e. The number of hydrogen-bond donors (Lipinski definition) is 1. The number of ether oxygens (including phenoxy) is 1. The third kappa shape index (κ3) is 4.43. The van der Waals surface area contributed by atoms with E-state index in [1.165, 1.54) is 0 Å². The zero-order chi connectivity index (χ0) is 15.2. The van der Waals surface area contributed by atoms with E-state index < -0.39 is 0 Å². The Hall–Kier alpha value is -2.14. The fraction of sp³-hybridized carbons (Fsp3) is 0.125. The summed E-state index contributed by atoms with van der Waals surface area (Å²) in [4.78, 5) is 22.5. The molecule has 1 N–H and O–H groups in total. The predicted octanol–water partition coefficient (Wildman–Crippen LogP) is 3.59. The molecule has 0 aromatic heterocycles. The van der Waals surface area contributed by atoms with E-state index in [9.17, 15) is 9.59 Å². The summed E-state index contributed by atoms with van der Waals surface area (Å²) in [5, 5.41) is 2.76. The summed E-state index contributed by atoms with van der Waals surface area (Å²) in [6.45, 7) is 1.85. The standard InChI is InChI=1S/C16H14BrNO3/c1-11-3-2-4-13(7-11)18-16(20)10-21-15-6-5-12(9-19)8-14(15)17/h2-9H,10H2,1H3,(H,18,20). The summed E-state index contributed by atoms with van der Waals surface area (Å²) in [5.41, 5.74) is 2.35. The normalized spacial score (nSPS) is 10.0. The van der Waals surface area contributed by atoms with Crippen molar-refractivity contribution < 1.29 is 14.3 Å². The minimum absolute atomic E-state index is 0.104. The average Bonchev–Trinajstić information content (AvgIpc) is 2.46. The molecule has 0 aliphatic rings. The number of aldehydes is 1. The quantitative estimate of drug-likeness (QED) is 0.841. The number of hydrogen-bond acceptors (Lipinski definition) is 3. The van der Waals surface area contributed by atoms with Crippen LogP contribution in [0.4, 0.5) is 5.69 Å². The lowest BCUT2D eigenvalue weighted by atomic mass is 10.2. The molecule has 4 nitrogen and oxygen atoms in total. The number of aryl methyl sites for hydroxylation is 1. The van der Waals surface area contributed by atoms with E-state index in [-0.39, 0.29) is 12.5 Å². The van der Waals surface area contributed by atoms with E-state index in [1.54, 1.807) is 18.2 Å². The number of carbonyl (C=O) groups is 2. The summed E-state index contributed by atoms with van der Waals surface area (Å²) in [5.74, 6) is 0.270. The van der Waals surface area contributed by atoms with Gasteiger partial charge in [0, 0.05) is 11.3 Å². The second-order valence-corrected chi connectivity index (χ2v) is 5.37. The highest BCUT2D eigenvalue weighted by molar-refractivity contribution is 9.10. The van der Waals surface area contributed by atoms with Gasteiger partial charge in [0.1, 0.15) is 12.0 Å². The third-order valence-corrected chi connectivity index (χ3v) is 3.37. The Labute approximate surface area is 131 Å². The van der Waals surface area contributed by atoms with Crippen LogP contribution in [-0.4, -0.2) is 18.8 Å². The summed E-state index contributed by atoms with van der Waals surface area (Å²) < 4.78 is 6.06. The number of amides is 1. The maximum absolute atomic E-state index is 11.8. The van der Waals surface area contributed by atoms with Crippen LogP contribution in [0.1, 0.15) is 15.9 Å². The first kappa shape index (κ1) is 15.3. The zero-order valence-electron chi connectivity index (χ0n) is 11.4. The molecule has 2 aromatic rings. The highest BCUT2D eigenvalue weighted by Crippen LogP contribution is 2.25. The van der Waals surface area contributed by atoms with Crippen molar-refractivity contribution in [3.8, 4) is 5.75 Å². The van der Waals surface area contributed by atoms with Crippen LogP contribution < -0.4 is 10.1 Å². The summed E-state index contributed by atoms with van der Waals surface area (Å²) in [7, 11) is 0. The Morgan fingerprint density at radius 1 is 1.29 bits per heavy atom. The number of rotatable bonds is 5. The van der Waals surface area contributed by atoms with Crippen LogP contribution >= 0.6 is 15.9 Å². The number of benzene rings is 2. The Morgan fingerprint density at radius 2 is 2.10 bits per heavy atom. The minimum Gasteiger partial charge on any atom is -0.483 e. The topological polar surface area (TPSA) is 55.4 Å². The van der Waals surface area contributed by atoms with Gasteiger partial charge in [0.2, 0.25) is 0 Å². The van der Waals surface area contributed by atoms with Crippen molar-refractivity contribution in [2.45, 2.75) is 6.92 Å². The van der Waals surface area contributed by atoms with Crippen molar-refractivity contribution in [3.05, 3.63) is 58.1 Å². The van der Waals surface area contributed by atoms with Gasteiger partial charge >= 0.3 is 0 Å². The maximum atomic E-state index is 11.8. The van der Waals surface area contributed by atoms with Crippen LogP contribution in [0.25, 0.3) is 0 Å². The molecule has 2 aromatic carbocycles. The van der Waals surface area contributed by atoms with E-state index in [4.69, 9.17) is 4.74 Å². The van der Waals surface area contributed by atoms with Gasteiger partial charge in [0.05, 0.1) is 4.47 Å². The molecule has 1 amide bonds. The summed E-state index contributed by atoms with van der Waals surface area (Å²) in [6.07, 6.45) is 0.749. The highest BCUT2D eigenvalue weighted by atomic mass is 79.9. The van der Waals surface area contributed by atoms with Gasteiger partial charge in [-0.1, -0.05) is 12.1 Å². The molecular weight excluding hydrogens is 334 g/mol. The first-order valence-electron chi connectivity index (χ1n) is 6.32. The molecule has 0 aliphatic heterocycles. The van der Waals surface area contributed by atoms with Crippen LogP contribution in [0.5, 0.6) is 5.75 Å². The number of carbonyl (C=O) groups excluding carboxylic acids is 2. The van der Waals surface area contributed by atoms with E-state index in [1.807, 2.05) is 31.2 Å². The Balaban J connectivity index is 1.93. The van der Waals surface area contributed by atoms with Gasteiger partial charge in [-0.15, -0.1) is 0 Å². The molecule has 0 bridgehead atoms. The van der Waals surface area contributed by atoms with Crippen LogP contribution in [-0.2, 0) is 4.79 Å². The molecule has 0 saturated heterocycles. The molecule has 0 fully saturated rings. The lowest BCUT2D eigenvalue weighted by Gasteiger charge is -2.09. The van der Waals surface area contributed by atoms with E-state index in [0.717, 1.165) is 17.5 Å². The Morgan fingerprint density at radius 3 is 2.76 bits per heavy atom. The van der Waals surface area contributed by atoms with Gasteiger partial charge in [-0.3, -0.25) is 9.59 Å².